The van der Waals surface area contributed by atoms with Gasteiger partial charge in [-0.2, -0.15) is 0 Å². The molecule has 0 saturated heterocycles. The van der Waals surface area contributed by atoms with Gasteiger partial charge in [-0.3, -0.25) is 9.78 Å². The molecular weight excluding hydrogens is 292 g/mol. The van der Waals surface area contributed by atoms with Crippen LogP contribution in [0.1, 0.15) is 41.9 Å². The molecular formula is C18H20N2O3. The Hall–Kier alpha value is -2.43. The number of carbonyl (C=O) groups excluding carboxylic acids is 2. The predicted molar refractivity (Wildman–Crippen MR) is 87.3 cm³/mol. The van der Waals surface area contributed by atoms with Crippen LogP contribution in [0, 0.1) is 0 Å². The van der Waals surface area contributed by atoms with Crippen molar-refractivity contribution < 1.29 is 14.3 Å². The Morgan fingerprint density at radius 2 is 2.09 bits per heavy atom. The Kier molecular flexibility index (Phi) is 4.28. The lowest BCUT2D eigenvalue weighted by Crippen LogP contribution is -2.35. The van der Waals surface area contributed by atoms with Crippen LogP contribution >= 0.6 is 0 Å². The summed E-state index contributed by atoms with van der Waals surface area (Å²) in [5.74, 6) is -0.726. The van der Waals surface area contributed by atoms with E-state index in [0.29, 0.717) is 12.1 Å². The van der Waals surface area contributed by atoms with Gasteiger partial charge in [0.1, 0.15) is 0 Å². The highest BCUT2D eigenvalue weighted by molar-refractivity contribution is 6.05. The number of ether oxygens (including phenoxy) is 1. The summed E-state index contributed by atoms with van der Waals surface area (Å²) < 4.78 is 5.41. The van der Waals surface area contributed by atoms with E-state index in [9.17, 15) is 9.59 Å². The summed E-state index contributed by atoms with van der Waals surface area (Å²) in [4.78, 5) is 29.2. The second-order valence-corrected chi connectivity index (χ2v) is 5.72. The van der Waals surface area contributed by atoms with Crippen LogP contribution in [0.25, 0.3) is 10.9 Å². The van der Waals surface area contributed by atoms with E-state index in [1.807, 2.05) is 31.2 Å². The number of nitrogens with zero attached hydrogens (tertiary/aromatic N) is 1. The first-order valence-electron chi connectivity index (χ1n) is 8.01. The third kappa shape index (κ3) is 2.91. The van der Waals surface area contributed by atoms with Gasteiger partial charge in [0.25, 0.3) is 5.91 Å². The quantitative estimate of drug-likeness (QED) is 0.880. The number of benzene rings is 1. The second-order valence-electron chi connectivity index (χ2n) is 5.72. The molecule has 1 aliphatic rings. The zero-order valence-corrected chi connectivity index (χ0v) is 13.4. The first kappa shape index (κ1) is 15.5. The van der Waals surface area contributed by atoms with Gasteiger partial charge in [-0.15, -0.1) is 0 Å². The number of carbonyl (C=O) groups is 2. The molecule has 3 rings (SSSR count). The lowest BCUT2D eigenvalue weighted by molar-refractivity contribution is -0.128. The summed E-state index contributed by atoms with van der Waals surface area (Å²) in [5.41, 5.74) is 3.31. The van der Waals surface area contributed by atoms with Crippen LogP contribution < -0.4 is 5.32 Å². The molecule has 1 N–H and O–H groups in total. The van der Waals surface area contributed by atoms with Crippen LogP contribution in [0.3, 0.4) is 0 Å². The number of esters is 1. The zero-order chi connectivity index (χ0) is 16.4. The van der Waals surface area contributed by atoms with Gasteiger partial charge in [0, 0.05) is 17.6 Å². The fourth-order valence-corrected chi connectivity index (χ4v) is 3.04. The highest BCUT2D eigenvalue weighted by Crippen LogP contribution is 2.30. The highest BCUT2D eigenvalue weighted by atomic mass is 16.5. The number of hydrogen-bond donors (Lipinski definition) is 1. The number of amides is 1. The Balaban J connectivity index is 1.98. The highest BCUT2D eigenvalue weighted by Gasteiger charge is 2.27. The molecule has 1 atom stereocenters. The van der Waals surface area contributed by atoms with E-state index < -0.39 is 12.1 Å². The normalized spacial score (nSPS) is 14.3. The van der Waals surface area contributed by atoms with E-state index in [1.54, 1.807) is 6.92 Å². The molecule has 0 aliphatic heterocycles. The van der Waals surface area contributed by atoms with Crippen LogP contribution in [-0.2, 0) is 22.4 Å². The topological polar surface area (TPSA) is 68.3 Å². The summed E-state index contributed by atoms with van der Waals surface area (Å²) >= 11 is 0. The van der Waals surface area contributed by atoms with Gasteiger partial charge >= 0.3 is 5.97 Å². The van der Waals surface area contributed by atoms with Crippen LogP contribution in [0.2, 0.25) is 0 Å². The molecule has 1 amide bonds. The van der Waals surface area contributed by atoms with Crippen LogP contribution in [0.15, 0.2) is 24.3 Å². The van der Waals surface area contributed by atoms with Crippen LogP contribution in [0.5, 0.6) is 0 Å². The molecule has 1 aromatic heterocycles. The number of pyridine rings is 1. The summed E-state index contributed by atoms with van der Waals surface area (Å²) in [6.07, 6.45) is 1.89. The number of likely N-dealkylation sites (N-methyl/N-ethyl adjacent to an activating group) is 1. The SMILES string of the molecule is CCNC(=O)[C@H](C)OC(=O)c1c2c(nc3ccccc13)CCC2. The van der Waals surface area contributed by atoms with Gasteiger partial charge in [0.05, 0.1) is 11.1 Å². The maximum Gasteiger partial charge on any atom is 0.339 e. The number of fused-ring (bicyclic) bond motifs is 2. The average molecular weight is 312 g/mol. The molecule has 23 heavy (non-hydrogen) atoms. The molecule has 2 aromatic rings. The number of para-hydroxylation sites is 1. The number of aryl methyl sites for hydroxylation is 1. The van der Waals surface area contributed by atoms with Crippen molar-refractivity contribution in [2.24, 2.45) is 0 Å². The van der Waals surface area contributed by atoms with Gasteiger partial charge in [-0.1, -0.05) is 18.2 Å². The van der Waals surface area contributed by atoms with E-state index in [1.165, 1.54) is 0 Å². The van der Waals surface area contributed by atoms with Gasteiger partial charge < -0.3 is 10.1 Å². The van der Waals surface area contributed by atoms with E-state index in [0.717, 1.165) is 41.4 Å². The van der Waals surface area contributed by atoms with Crippen molar-refractivity contribution >= 4 is 22.8 Å². The number of hydrogen-bond acceptors (Lipinski definition) is 4. The summed E-state index contributed by atoms with van der Waals surface area (Å²) in [6.45, 7) is 3.93. The third-order valence-electron chi connectivity index (χ3n) is 4.13. The molecule has 0 saturated carbocycles. The van der Waals surface area contributed by atoms with Gasteiger partial charge in [-0.05, 0) is 44.7 Å². The minimum absolute atomic E-state index is 0.282. The molecule has 120 valence electrons. The van der Waals surface area contributed by atoms with Crippen LogP contribution in [0.4, 0.5) is 0 Å². The first-order valence-corrected chi connectivity index (χ1v) is 8.01. The monoisotopic (exact) mass is 312 g/mol. The van der Waals surface area contributed by atoms with Crippen molar-refractivity contribution in [1.82, 2.24) is 10.3 Å². The first-order chi connectivity index (χ1) is 11.1. The fourth-order valence-electron chi connectivity index (χ4n) is 3.04. The summed E-state index contributed by atoms with van der Waals surface area (Å²) in [6, 6.07) is 7.57. The van der Waals surface area contributed by atoms with Gasteiger partial charge in [0.15, 0.2) is 6.10 Å². The minimum Gasteiger partial charge on any atom is -0.449 e. The van der Waals surface area contributed by atoms with Gasteiger partial charge in [0.2, 0.25) is 0 Å². The number of nitrogens with one attached hydrogen (secondary N) is 1. The second kappa shape index (κ2) is 6.36. The fraction of sp³-hybridized carbons (Fsp3) is 0.389. The summed E-state index contributed by atoms with van der Waals surface area (Å²) in [7, 11) is 0. The molecule has 1 aromatic carbocycles. The van der Waals surface area contributed by atoms with Crippen LogP contribution in [-0.4, -0.2) is 29.5 Å². The smallest absolute Gasteiger partial charge is 0.339 e. The van der Waals surface area contributed by atoms with E-state index in [2.05, 4.69) is 10.3 Å². The van der Waals surface area contributed by atoms with Crippen molar-refractivity contribution in [2.45, 2.75) is 39.2 Å². The molecule has 0 spiro atoms. The standard InChI is InChI=1S/C18H20N2O3/c1-3-19-17(21)11(2)23-18(22)16-12-7-4-5-9-14(12)20-15-10-6-8-13(15)16/h4-5,7,9,11H,3,6,8,10H2,1-2H3,(H,19,21)/t11-/m0/s1. The number of rotatable bonds is 4. The molecule has 0 radical (unpaired) electrons. The van der Waals surface area contributed by atoms with Gasteiger partial charge in [-0.25, -0.2) is 4.79 Å². The Bertz CT molecular complexity index is 770. The molecule has 0 fully saturated rings. The van der Waals surface area contributed by atoms with E-state index >= 15 is 0 Å². The molecule has 0 bridgehead atoms. The predicted octanol–water partition coefficient (Wildman–Crippen LogP) is 2.40. The zero-order valence-electron chi connectivity index (χ0n) is 13.4. The third-order valence-corrected chi connectivity index (χ3v) is 4.13. The minimum atomic E-state index is -0.813. The largest absolute Gasteiger partial charge is 0.449 e. The lowest BCUT2D eigenvalue weighted by Gasteiger charge is -2.16. The van der Waals surface area contributed by atoms with Crippen molar-refractivity contribution in [3.05, 3.63) is 41.1 Å². The van der Waals surface area contributed by atoms with Crippen molar-refractivity contribution in [1.29, 1.82) is 0 Å². The average Bonchev–Trinajstić information content (AvgIpc) is 3.00. The Labute approximate surface area is 135 Å². The molecule has 0 unspecified atom stereocenters. The molecule has 1 heterocycles. The molecule has 5 heteroatoms. The summed E-state index contributed by atoms with van der Waals surface area (Å²) in [5, 5.41) is 3.46. The Morgan fingerprint density at radius 3 is 2.87 bits per heavy atom. The van der Waals surface area contributed by atoms with Crippen molar-refractivity contribution in [2.75, 3.05) is 6.54 Å². The van der Waals surface area contributed by atoms with Crippen molar-refractivity contribution in [3.63, 3.8) is 0 Å². The lowest BCUT2D eigenvalue weighted by atomic mass is 10.0. The number of aromatic nitrogens is 1. The molecule has 5 nitrogen and oxygen atoms in total. The van der Waals surface area contributed by atoms with Crippen molar-refractivity contribution in [3.8, 4) is 0 Å². The maximum absolute atomic E-state index is 12.7. The maximum atomic E-state index is 12.7. The van der Waals surface area contributed by atoms with E-state index in [4.69, 9.17) is 4.74 Å². The molecule has 1 aliphatic carbocycles. The Morgan fingerprint density at radius 1 is 1.30 bits per heavy atom. The van der Waals surface area contributed by atoms with E-state index in [-0.39, 0.29) is 5.91 Å².